The molecule has 4 heterocycles. The molecule has 1 amide bonds. The molecule has 2 aliphatic heterocycles. The lowest BCUT2D eigenvalue weighted by Crippen LogP contribution is -2.52. The minimum absolute atomic E-state index is 0.0198. The first-order valence-corrected chi connectivity index (χ1v) is 14.5. The number of nitrogens with zero attached hydrogens (tertiary/aromatic N) is 5. The number of aromatic nitrogens is 3. The molecule has 42 heavy (non-hydrogen) atoms. The van der Waals surface area contributed by atoms with E-state index in [-0.39, 0.29) is 46.9 Å². The molecule has 0 radical (unpaired) electrons. The Morgan fingerprint density at radius 2 is 1.90 bits per heavy atom. The molecule has 1 saturated carbocycles. The number of pyridine rings is 1. The number of phenolic OH excluding ortho intramolecular Hbond substituents is 1. The third-order valence-corrected chi connectivity index (χ3v) is 9.25. The first-order valence-electron chi connectivity index (χ1n) is 14.5. The summed E-state index contributed by atoms with van der Waals surface area (Å²) in [5, 5.41) is 24.5. The van der Waals surface area contributed by atoms with Gasteiger partial charge in [0.1, 0.15) is 29.4 Å². The second-order valence-electron chi connectivity index (χ2n) is 11.8. The molecule has 218 valence electrons. The molecule has 2 bridgehead atoms. The number of aromatic hydroxyl groups is 1. The van der Waals surface area contributed by atoms with E-state index < -0.39 is 11.9 Å². The van der Waals surface area contributed by atoms with Gasteiger partial charge in [0.2, 0.25) is 0 Å². The van der Waals surface area contributed by atoms with Crippen LogP contribution in [-0.2, 0) is 0 Å². The third kappa shape index (κ3) is 4.71. The first kappa shape index (κ1) is 26.6. The number of likely N-dealkylation sites (tertiary alicyclic amines) is 1. The number of piperidine rings is 1. The number of fused-ring (bicyclic) bond motifs is 4. The SMILES string of the molecule is CN1CCC[C@H]1COc1nc(N2CC3CCC(C2)C3NC(=O)O)c2cnc(-c3cc(O)cc4ccccc34)c(F)c2n1. The molecule has 3 N–H and O–H groups in total. The van der Waals surface area contributed by atoms with Crippen molar-refractivity contribution in [2.45, 2.75) is 37.8 Å². The lowest BCUT2D eigenvalue weighted by molar-refractivity contribution is 0.178. The maximum absolute atomic E-state index is 16.5. The molecule has 4 aromatic rings. The molecule has 2 unspecified atom stereocenters. The van der Waals surface area contributed by atoms with Gasteiger partial charge in [0.05, 0.1) is 5.39 Å². The van der Waals surface area contributed by atoms with Crippen LogP contribution >= 0.6 is 0 Å². The van der Waals surface area contributed by atoms with E-state index in [0.29, 0.717) is 36.5 Å². The molecule has 2 aromatic heterocycles. The van der Waals surface area contributed by atoms with Crippen LogP contribution in [0.2, 0.25) is 0 Å². The normalized spacial score (nSPS) is 24.0. The van der Waals surface area contributed by atoms with Crippen LogP contribution in [0.1, 0.15) is 25.7 Å². The zero-order valence-electron chi connectivity index (χ0n) is 23.3. The number of phenols is 1. The molecule has 2 saturated heterocycles. The maximum atomic E-state index is 16.5. The molecule has 2 aromatic carbocycles. The summed E-state index contributed by atoms with van der Waals surface area (Å²) in [5.74, 6) is 0.194. The molecule has 3 aliphatic rings. The molecule has 3 fully saturated rings. The predicted octanol–water partition coefficient (Wildman–Crippen LogP) is 4.65. The number of carboxylic acid groups (broad SMARTS) is 1. The van der Waals surface area contributed by atoms with Crippen molar-refractivity contribution >= 4 is 33.6 Å². The van der Waals surface area contributed by atoms with E-state index in [2.05, 4.69) is 32.1 Å². The number of carbonyl (C=O) groups is 1. The lowest BCUT2D eigenvalue weighted by Gasteiger charge is -2.38. The van der Waals surface area contributed by atoms with Crippen LogP contribution in [0.5, 0.6) is 11.8 Å². The standard InChI is InChI=1S/C31H33FN6O4/c1-37-10-4-6-20(37)16-42-30-34-28-24(29(36-30)38-14-18-8-9-19(15-38)26(18)35-31(40)41)13-33-27(25(28)32)23-12-21(39)11-17-5-2-3-7-22(17)23/h2-3,5,7,11-13,18-20,26,35,39H,4,6,8-10,14-16H2,1H3,(H,40,41)/t18?,19?,20-,26?/m0/s1. The van der Waals surface area contributed by atoms with Crippen LogP contribution in [-0.4, -0.2) is 81.5 Å². The van der Waals surface area contributed by atoms with Crippen LogP contribution in [0.4, 0.5) is 15.0 Å². The van der Waals surface area contributed by atoms with Crippen molar-refractivity contribution in [1.82, 2.24) is 25.2 Å². The number of rotatable bonds is 6. The summed E-state index contributed by atoms with van der Waals surface area (Å²) in [6.45, 7) is 2.56. The van der Waals surface area contributed by atoms with E-state index in [4.69, 9.17) is 9.72 Å². The smallest absolute Gasteiger partial charge is 0.404 e. The summed E-state index contributed by atoms with van der Waals surface area (Å²) in [7, 11) is 2.07. The van der Waals surface area contributed by atoms with Crippen molar-refractivity contribution in [3.8, 4) is 23.0 Å². The number of likely N-dealkylation sites (N-methyl/N-ethyl adjacent to an activating group) is 1. The van der Waals surface area contributed by atoms with Crippen molar-refractivity contribution in [2.24, 2.45) is 11.8 Å². The monoisotopic (exact) mass is 572 g/mol. The second kappa shape index (κ2) is 10.5. The van der Waals surface area contributed by atoms with Gasteiger partial charge in [-0.1, -0.05) is 24.3 Å². The Bertz CT molecular complexity index is 1670. The molecule has 3 atom stereocenters. The van der Waals surface area contributed by atoms with Crippen LogP contribution in [0.25, 0.3) is 32.9 Å². The Morgan fingerprint density at radius 3 is 2.64 bits per heavy atom. The molecule has 0 spiro atoms. The van der Waals surface area contributed by atoms with Gasteiger partial charge in [0.25, 0.3) is 0 Å². The van der Waals surface area contributed by atoms with Gasteiger partial charge < -0.3 is 30.1 Å². The van der Waals surface area contributed by atoms with E-state index in [9.17, 15) is 15.0 Å². The van der Waals surface area contributed by atoms with E-state index in [1.54, 1.807) is 12.3 Å². The predicted molar refractivity (Wildman–Crippen MR) is 156 cm³/mol. The van der Waals surface area contributed by atoms with Gasteiger partial charge >= 0.3 is 12.1 Å². The fourth-order valence-corrected chi connectivity index (χ4v) is 7.14. The van der Waals surface area contributed by atoms with Crippen molar-refractivity contribution < 1.29 is 24.1 Å². The molecule has 11 heteroatoms. The topological polar surface area (TPSA) is 124 Å². The van der Waals surface area contributed by atoms with Crippen LogP contribution in [0.15, 0.2) is 42.6 Å². The summed E-state index contributed by atoms with van der Waals surface area (Å²) < 4.78 is 22.6. The fourth-order valence-electron chi connectivity index (χ4n) is 7.14. The van der Waals surface area contributed by atoms with E-state index in [1.807, 2.05) is 24.3 Å². The Morgan fingerprint density at radius 1 is 1.12 bits per heavy atom. The summed E-state index contributed by atoms with van der Waals surface area (Å²) in [6, 6.07) is 10.9. The average Bonchev–Trinajstić information content (AvgIpc) is 3.47. The summed E-state index contributed by atoms with van der Waals surface area (Å²) in [4.78, 5) is 29.7. The van der Waals surface area contributed by atoms with Gasteiger partial charge in [-0.25, -0.2) is 9.18 Å². The number of hydrogen-bond donors (Lipinski definition) is 3. The van der Waals surface area contributed by atoms with Crippen LogP contribution in [0, 0.1) is 17.7 Å². The van der Waals surface area contributed by atoms with Crippen molar-refractivity contribution in [2.75, 3.05) is 38.2 Å². The molecule has 7 rings (SSSR count). The minimum atomic E-state index is -1.01. The van der Waals surface area contributed by atoms with Gasteiger partial charge in [-0.2, -0.15) is 9.97 Å². The molecule has 10 nitrogen and oxygen atoms in total. The van der Waals surface area contributed by atoms with Gasteiger partial charge in [-0.05, 0) is 74.0 Å². The summed E-state index contributed by atoms with van der Waals surface area (Å²) in [5.41, 5.74) is 0.661. The number of anilines is 1. The Hall–Kier alpha value is -4.25. The number of amides is 1. The second-order valence-corrected chi connectivity index (χ2v) is 11.8. The number of nitrogens with one attached hydrogen (secondary N) is 1. The summed E-state index contributed by atoms with van der Waals surface area (Å²) >= 11 is 0. The van der Waals surface area contributed by atoms with Gasteiger partial charge in [0.15, 0.2) is 5.82 Å². The average molecular weight is 573 g/mol. The Balaban J connectivity index is 1.32. The maximum Gasteiger partial charge on any atom is 0.404 e. The van der Waals surface area contributed by atoms with Crippen LogP contribution in [0.3, 0.4) is 0 Å². The number of hydrogen-bond acceptors (Lipinski definition) is 8. The minimum Gasteiger partial charge on any atom is -0.508 e. The van der Waals surface area contributed by atoms with E-state index >= 15 is 4.39 Å². The van der Waals surface area contributed by atoms with Gasteiger partial charge in [0, 0.05) is 36.9 Å². The number of benzene rings is 2. The van der Waals surface area contributed by atoms with E-state index in [0.717, 1.165) is 43.0 Å². The highest BCUT2D eigenvalue weighted by atomic mass is 19.1. The van der Waals surface area contributed by atoms with Crippen molar-refractivity contribution in [3.05, 3.63) is 48.4 Å². The lowest BCUT2D eigenvalue weighted by atomic mass is 9.92. The van der Waals surface area contributed by atoms with Crippen molar-refractivity contribution in [3.63, 3.8) is 0 Å². The number of ether oxygens (including phenoxy) is 1. The highest BCUT2D eigenvalue weighted by Gasteiger charge is 2.43. The highest BCUT2D eigenvalue weighted by molar-refractivity contribution is 5.99. The fraction of sp³-hybridized carbons (Fsp3) is 0.419. The quantitative estimate of drug-likeness (QED) is 0.303. The van der Waals surface area contributed by atoms with Gasteiger partial charge in [-0.15, -0.1) is 0 Å². The zero-order valence-corrected chi connectivity index (χ0v) is 23.3. The Kier molecular flexibility index (Phi) is 6.69. The van der Waals surface area contributed by atoms with Gasteiger partial charge in [-0.3, -0.25) is 4.98 Å². The first-order chi connectivity index (χ1) is 20.4. The van der Waals surface area contributed by atoms with Crippen LogP contribution < -0.4 is 15.0 Å². The molecule has 1 aliphatic carbocycles. The number of halogens is 1. The van der Waals surface area contributed by atoms with Crippen molar-refractivity contribution in [1.29, 1.82) is 0 Å². The zero-order chi connectivity index (χ0) is 29.0. The summed E-state index contributed by atoms with van der Waals surface area (Å²) in [6.07, 6.45) is 4.51. The van der Waals surface area contributed by atoms with E-state index in [1.165, 1.54) is 6.07 Å². The molecular weight excluding hydrogens is 539 g/mol. The highest BCUT2D eigenvalue weighted by Crippen LogP contribution is 2.41. The molecular formula is C31H33FN6O4. The third-order valence-electron chi connectivity index (χ3n) is 9.25. The Labute approximate surface area is 242 Å². The largest absolute Gasteiger partial charge is 0.508 e.